The smallest absolute Gasteiger partial charge is 0.0587 e. The van der Waals surface area contributed by atoms with Crippen molar-refractivity contribution in [2.75, 3.05) is 0 Å². The van der Waals surface area contributed by atoms with Crippen LogP contribution in [0.2, 0.25) is 0 Å². The van der Waals surface area contributed by atoms with Crippen molar-refractivity contribution < 1.29 is 60.3 Å². The third-order valence-corrected chi connectivity index (χ3v) is 25.1. The van der Waals surface area contributed by atoms with Crippen LogP contribution in [0.5, 0.6) is 0 Å². The normalized spacial score (nSPS) is 11.4. The van der Waals surface area contributed by atoms with E-state index in [0.717, 1.165) is 45.0 Å². The molecule has 0 saturated heterocycles. The van der Waals surface area contributed by atoms with Crippen molar-refractivity contribution in [1.29, 1.82) is 0 Å². The largest absolute Gasteiger partial charge is 0.309 e. The van der Waals surface area contributed by atoms with Gasteiger partial charge in [0.1, 0.15) is 0 Å². The van der Waals surface area contributed by atoms with Gasteiger partial charge >= 0.3 is 0 Å². The van der Waals surface area contributed by atoms with Crippen LogP contribution in [0.25, 0.3) is 200 Å². The summed E-state index contributed by atoms with van der Waals surface area (Å²) >= 11 is 5.53. The average Bonchev–Trinajstić information content (AvgIpc) is 1.55. The molecule has 3 radical (unpaired) electrons. The fourth-order valence-electron chi connectivity index (χ4n) is 16.6. The predicted molar refractivity (Wildman–Crippen MR) is 473 cm³/mol. The standard InChI is InChI=1S/C37H25N2S.C34H20N3S.C31H19N2S.3Ir/c1-23-34-30-22-26(25-11-10-12-27(21-25)31-16-8-9-20-38-31)18-19-32(30)39(28-13-4-3-5-14-28)36(34)24(2)37-35(23)29-15-6-7-17-33(29)40-37;1-2-9-25(10-3-1)37-31-13-12-23(22-7-6-8-24(17-22)30-11-4-5-15-36-30)18-26(31)27-19-28-29-21-35-16-14-33(29)38-34(28)20-32(27)37;1-2-9-25(10-3-1)33-29-13-12-22(21-7-6-8-23(17-21)28-11-4-5-15-32-28)18-26(29)27-19-24-14-16-34-31(24)20-30(27)33;;;/h3-11,13-22H,1-2H3;1-7,9-21H;1-7,9-20H;;;/q3*-1;;;. The van der Waals surface area contributed by atoms with Crippen molar-refractivity contribution in [2.45, 2.75) is 13.8 Å². The molecule has 0 aliphatic heterocycles. The topological polar surface area (TPSA) is 66.3 Å². The summed E-state index contributed by atoms with van der Waals surface area (Å²) in [6, 6.07) is 122. The fourth-order valence-corrected chi connectivity index (χ4v) is 19.7. The van der Waals surface area contributed by atoms with Crippen LogP contribution in [0.15, 0.2) is 352 Å². The number of hydrogen-bond acceptors (Lipinski definition) is 7. The van der Waals surface area contributed by atoms with Gasteiger partial charge in [0.2, 0.25) is 0 Å². The molecule has 0 saturated carbocycles. The Labute approximate surface area is 716 Å². The first-order valence-electron chi connectivity index (χ1n) is 37.4. The number of nitrogens with zero attached hydrogens (tertiary/aromatic N) is 7. The monoisotopic (exact) mass is 2060 g/mol. The van der Waals surface area contributed by atoms with Gasteiger partial charge in [0.25, 0.3) is 0 Å². The average molecular weight is 2060 g/mol. The van der Waals surface area contributed by atoms with Gasteiger partial charge < -0.3 is 28.7 Å². The van der Waals surface area contributed by atoms with Crippen LogP contribution < -0.4 is 0 Å². The number of para-hydroxylation sites is 3. The molecule has 0 fully saturated rings. The van der Waals surface area contributed by atoms with Gasteiger partial charge in [-0.3, -0.25) is 4.98 Å². The molecule has 7 nitrogen and oxygen atoms in total. The minimum atomic E-state index is 0. The van der Waals surface area contributed by atoms with Gasteiger partial charge in [0.15, 0.2) is 0 Å². The molecule has 0 bridgehead atoms. The number of aromatic nitrogens is 7. The van der Waals surface area contributed by atoms with Crippen LogP contribution in [0.4, 0.5) is 0 Å². The van der Waals surface area contributed by atoms with Gasteiger partial charge in [-0.2, -0.15) is 0 Å². The molecule has 10 aromatic heterocycles. The Kier molecular flexibility index (Phi) is 20.5. The van der Waals surface area contributed by atoms with Crippen LogP contribution in [-0.2, 0) is 60.3 Å². The second-order valence-corrected chi connectivity index (χ2v) is 31.4. The van der Waals surface area contributed by atoms with E-state index >= 15 is 0 Å². The maximum absolute atomic E-state index is 4.55. The van der Waals surface area contributed by atoms with E-state index in [1.54, 1.807) is 11.3 Å². The predicted octanol–water partition coefficient (Wildman–Crippen LogP) is 27.9. The summed E-state index contributed by atoms with van der Waals surface area (Å²) in [7, 11) is 0. The van der Waals surface area contributed by atoms with Crippen molar-refractivity contribution in [1.82, 2.24) is 33.6 Å². The number of fused-ring (bicyclic) bond motifs is 16. The van der Waals surface area contributed by atoms with Crippen LogP contribution in [0, 0.1) is 32.0 Å². The zero-order chi connectivity index (χ0) is 74.3. The van der Waals surface area contributed by atoms with E-state index in [4.69, 9.17) is 0 Å². The van der Waals surface area contributed by atoms with Crippen LogP contribution in [-0.4, -0.2) is 33.6 Å². The molecule has 23 aromatic rings. The maximum Gasteiger partial charge on any atom is 0.0587 e. The van der Waals surface area contributed by atoms with E-state index < -0.39 is 0 Å². The summed E-state index contributed by atoms with van der Waals surface area (Å²) < 4.78 is 13.8. The number of rotatable bonds is 9. The van der Waals surface area contributed by atoms with Gasteiger partial charge in [0, 0.05) is 186 Å². The second-order valence-electron chi connectivity index (χ2n) is 28.3. The molecule has 0 amide bonds. The van der Waals surface area contributed by atoms with Gasteiger partial charge in [-0.25, -0.2) is 0 Å². The number of thiophene rings is 3. The number of aryl methyl sites for hydroxylation is 2. The van der Waals surface area contributed by atoms with E-state index in [9.17, 15) is 0 Å². The SMILES string of the molecule is Cc1c2c(sc3ccccc32)c(C)c2c1c1cc(-c3cc[c-]c(-c4ccccn4)c3)ccc1n2-c1ccccc1.[Ir].[Ir].[Ir].[c-]1ccc(-c2ccc3c(c2)c2cc4c(cc2n3-c2ccccc2)sc2ccncc24)cc1-c1ccccn1.[c-]1ccc(-c2ccc3c(c2)c2cc4ccsc4cc2n3-c2ccccc2)cc1-c1ccccn1. The number of pyridine rings is 4. The summed E-state index contributed by atoms with van der Waals surface area (Å²) in [5.74, 6) is 0. The minimum Gasteiger partial charge on any atom is -0.309 e. The molecule has 0 spiro atoms. The Morgan fingerprint density at radius 1 is 0.296 bits per heavy atom. The molecular weight excluding hydrogens is 2000 g/mol. The van der Waals surface area contributed by atoms with Crippen molar-refractivity contribution in [3.8, 4) is 84.2 Å². The summed E-state index contributed by atoms with van der Waals surface area (Å²) in [5, 5.41) is 16.3. The van der Waals surface area contributed by atoms with Gasteiger partial charge in [-0.15, -0.1) is 140 Å². The fraction of sp³-hybridized carbons (Fsp3) is 0.0196. The molecule has 13 heteroatoms. The molecule has 13 aromatic carbocycles. The first kappa shape index (κ1) is 74.6. The first-order chi connectivity index (χ1) is 55.4. The van der Waals surface area contributed by atoms with Crippen molar-refractivity contribution in [2.24, 2.45) is 0 Å². The van der Waals surface area contributed by atoms with E-state index in [0.29, 0.717) is 0 Å². The minimum absolute atomic E-state index is 0. The summed E-state index contributed by atoms with van der Waals surface area (Å²) in [5.41, 5.74) is 26.4. The molecular formula is C102H64Ir3N7S3-3. The van der Waals surface area contributed by atoms with E-state index in [-0.39, 0.29) is 60.3 Å². The van der Waals surface area contributed by atoms with E-state index in [2.05, 4.69) is 314 Å². The summed E-state index contributed by atoms with van der Waals surface area (Å²) in [6.07, 6.45) is 9.35. The molecule has 555 valence electrons. The van der Waals surface area contributed by atoms with Crippen LogP contribution in [0.3, 0.4) is 0 Å². The maximum atomic E-state index is 4.55. The van der Waals surface area contributed by atoms with E-state index in [1.807, 2.05) is 126 Å². The molecule has 23 rings (SSSR count). The number of benzene rings is 13. The first-order valence-corrected chi connectivity index (χ1v) is 39.9. The molecule has 10 heterocycles. The molecule has 0 unspecified atom stereocenters. The van der Waals surface area contributed by atoms with Gasteiger partial charge in [-0.1, -0.05) is 127 Å². The Morgan fingerprint density at radius 3 is 1.26 bits per heavy atom. The Balaban J connectivity index is 0.000000118. The summed E-state index contributed by atoms with van der Waals surface area (Å²) in [6.45, 7) is 4.60. The third kappa shape index (κ3) is 13.4. The zero-order valence-electron chi connectivity index (χ0n) is 61.8. The van der Waals surface area contributed by atoms with Crippen molar-refractivity contribution in [3.05, 3.63) is 381 Å². The van der Waals surface area contributed by atoms with Crippen LogP contribution >= 0.6 is 34.0 Å². The van der Waals surface area contributed by atoms with Crippen molar-refractivity contribution in [3.63, 3.8) is 0 Å². The van der Waals surface area contributed by atoms with E-state index in [1.165, 1.54) is 166 Å². The number of hydrogen-bond donors (Lipinski definition) is 0. The molecule has 0 N–H and O–H groups in total. The van der Waals surface area contributed by atoms with Gasteiger partial charge in [0.05, 0.1) is 33.1 Å². The summed E-state index contributed by atoms with van der Waals surface area (Å²) in [4.78, 5) is 18.0. The second kappa shape index (κ2) is 31.5. The Hall–Kier alpha value is -11.8. The quantitative estimate of drug-likeness (QED) is 0.135. The molecule has 115 heavy (non-hydrogen) atoms. The molecule has 0 aliphatic rings. The van der Waals surface area contributed by atoms with Gasteiger partial charge in [-0.05, 0) is 203 Å². The third-order valence-electron chi connectivity index (χ3n) is 21.8. The zero-order valence-corrected chi connectivity index (χ0v) is 71.5. The molecule has 0 atom stereocenters. The van der Waals surface area contributed by atoms with Crippen LogP contribution in [0.1, 0.15) is 11.1 Å². The van der Waals surface area contributed by atoms with Crippen molar-refractivity contribution >= 4 is 150 Å². The Morgan fingerprint density at radius 2 is 0.739 bits per heavy atom. The Bertz CT molecular complexity index is 7590. The molecule has 0 aliphatic carbocycles.